The van der Waals surface area contributed by atoms with Gasteiger partial charge < -0.3 is 5.11 Å². The van der Waals surface area contributed by atoms with Gasteiger partial charge in [-0.2, -0.15) is 5.26 Å². The van der Waals surface area contributed by atoms with E-state index in [1.807, 2.05) is 0 Å². The third kappa shape index (κ3) is 1.05. The minimum absolute atomic E-state index is 0.633. The topological polar surface area (TPSA) is 119 Å². The summed E-state index contributed by atoms with van der Waals surface area (Å²) in [6.07, 6.45) is 0. The molecule has 0 aliphatic rings. The Balaban J connectivity index is 3.89. The van der Waals surface area contributed by atoms with Gasteiger partial charge in [-0.25, -0.2) is 0 Å². The van der Waals surface area contributed by atoms with Crippen molar-refractivity contribution < 1.29 is 5.11 Å². The molecule has 0 bridgehead atoms. The molecule has 0 saturated heterocycles. The Morgan fingerprint density at radius 3 is 2.07 bits per heavy atom. The summed E-state index contributed by atoms with van der Waals surface area (Å²) in [5, 5.41) is 24.0. The first-order valence-electron chi connectivity index (χ1n) is 3.31. The highest BCUT2D eigenvalue weighted by Gasteiger charge is 2.22. The van der Waals surface area contributed by atoms with Gasteiger partial charge >= 0.3 is 0 Å². The van der Waals surface area contributed by atoms with Gasteiger partial charge in [-0.05, 0) is 5.87 Å². The third-order valence-corrected chi connectivity index (χ3v) is 1.58. The van der Waals surface area contributed by atoms with Gasteiger partial charge in [0.1, 0.15) is 11.6 Å². The van der Waals surface area contributed by atoms with Gasteiger partial charge in [0, 0.05) is 0 Å². The van der Waals surface area contributed by atoms with E-state index in [1.165, 1.54) is 6.07 Å². The molecule has 0 fully saturated rings. The maximum absolute atomic E-state index is 11.0. The summed E-state index contributed by atoms with van der Waals surface area (Å²) in [4.78, 5) is 32.5. The average Bonchev–Trinajstić information content (AvgIpc) is 2.37. The Bertz CT molecular complexity index is 622. The van der Waals surface area contributed by atoms with Crippen LogP contribution in [-0.2, 0) is 0 Å². The van der Waals surface area contributed by atoms with Gasteiger partial charge in [0.2, 0.25) is 5.43 Å². The molecule has 6 nitrogen and oxygen atoms in total. The molecule has 6 heteroatoms. The van der Waals surface area contributed by atoms with Crippen LogP contribution in [-0.4, -0.2) is 11.0 Å². The van der Waals surface area contributed by atoms with E-state index in [4.69, 9.17) is 15.8 Å². The molecule has 68 valence electrons. The average molecular weight is 190 g/mol. The van der Waals surface area contributed by atoms with Crippen molar-refractivity contribution in [2.45, 2.75) is 0 Å². The molecule has 0 radical (unpaired) electrons. The Morgan fingerprint density at radius 1 is 1.21 bits per heavy atom. The molecule has 1 aromatic carbocycles. The standard InChI is InChI=1S/C8H2N2O4/c9-1-3(2-10)4-5(11)7(13)8(14)6(4)12/h9,11H. The molecule has 1 aromatic rings. The molecule has 0 aromatic heterocycles. The summed E-state index contributed by atoms with van der Waals surface area (Å²) in [7, 11) is 0. The van der Waals surface area contributed by atoms with Gasteiger partial charge in [0.25, 0.3) is 10.9 Å². The van der Waals surface area contributed by atoms with Gasteiger partial charge in [-0.1, -0.05) is 0 Å². The van der Waals surface area contributed by atoms with Crippen molar-refractivity contribution in [1.82, 2.24) is 0 Å². The van der Waals surface area contributed by atoms with Crippen molar-refractivity contribution in [2.24, 2.45) is 0 Å². The van der Waals surface area contributed by atoms with Crippen LogP contribution < -0.4 is 16.3 Å². The van der Waals surface area contributed by atoms with Crippen LogP contribution in [0.15, 0.2) is 14.4 Å². The van der Waals surface area contributed by atoms with Gasteiger partial charge in [0.15, 0.2) is 5.75 Å². The summed E-state index contributed by atoms with van der Waals surface area (Å²) in [6, 6.07) is 1.37. The van der Waals surface area contributed by atoms with Crippen LogP contribution in [0.25, 0.3) is 5.57 Å². The monoisotopic (exact) mass is 190 g/mol. The number of nitriles is 1. The van der Waals surface area contributed by atoms with Crippen molar-refractivity contribution in [3.05, 3.63) is 36.2 Å². The molecule has 0 atom stereocenters. The second kappa shape index (κ2) is 3.09. The zero-order chi connectivity index (χ0) is 10.9. The van der Waals surface area contributed by atoms with E-state index in [0.717, 1.165) is 0 Å². The smallest absolute Gasteiger partial charge is 0.277 e. The second-order valence-corrected chi connectivity index (χ2v) is 2.32. The molecule has 0 unspecified atom stereocenters. The molecular formula is C8H2N2O4. The lowest BCUT2D eigenvalue weighted by molar-refractivity contribution is 0.470. The fourth-order valence-electron chi connectivity index (χ4n) is 0.924. The van der Waals surface area contributed by atoms with Crippen molar-refractivity contribution in [2.75, 3.05) is 0 Å². The summed E-state index contributed by atoms with van der Waals surface area (Å²) >= 11 is 0. The highest BCUT2D eigenvalue weighted by atomic mass is 16.3. The number of hydrogen-bond acceptors (Lipinski definition) is 6. The normalized spacial score (nSPS) is 9.07. The number of aromatic hydroxyl groups is 1. The number of allylic oxidation sites excluding steroid dienone is 1. The summed E-state index contributed by atoms with van der Waals surface area (Å²) < 4.78 is 0. The van der Waals surface area contributed by atoms with E-state index in [2.05, 4.69) is 0 Å². The molecule has 0 spiro atoms. The second-order valence-electron chi connectivity index (χ2n) is 2.32. The minimum Gasteiger partial charge on any atom is -0.503 e. The predicted molar refractivity (Wildman–Crippen MR) is 46.0 cm³/mol. The maximum atomic E-state index is 11.0. The number of nitrogens with one attached hydrogen (secondary N) is 1. The molecule has 0 saturated carbocycles. The highest BCUT2D eigenvalue weighted by Crippen LogP contribution is 2.12. The highest BCUT2D eigenvalue weighted by molar-refractivity contribution is 5.97. The van der Waals surface area contributed by atoms with Crippen LogP contribution >= 0.6 is 0 Å². The fraction of sp³-hybridized carbons (Fsp3) is 0. The first-order valence-corrected chi connectivity index (χ1v) is 3.31. The van der Waals surface area contributed by atoms with Gasteiger partial charge in [-0.15, -0.1) is 0 Å². The van der Waals surface area contributed by atoms with Crippen LogP contribution in [0.2, 0.25) is 0 Å². The van der Waals surface area contributed by atoms with Gasteiger partial charge in [-0.3, -0.25) is 19.8 Å². The van der Waals surface area contributed by atoms with Crippen LogP contribution in [0, 0.1) is 16.7 Å². The first kappa shape index (κ1) is 9.58. The van der Waals surface area contributed by atoms with Crippen LogP contribution in [0.4, 0.5) is 0 Å². The summed E-state index contributed by atoms with van der Waals surface area (Å²) in [5.74, 6) is 0.471. The van der Waals surface area contributed by atoms with Crippen LogP contribution in [0.5, 0.6) is 5.75 Å². The van der Waals surface area contributed by atoms with E-state index >= 15 is 0 Å². The first-order chi connectivity index (χ1) is 6.54. The number of hydrogen-bond donors (Lipinski definition) is 2. The quantitative estimate of drug-likeness (QED) is 0.317. The van der Waals surface area contributed by atoms with Crippen molar-refractivity contribution in [3.8, 4) is 11.8 Å². The van der Waals surface area contributed by atoms with Gasteiger partial charge in [0.05, 0.1) is 5.56 Å². The lowest BCUT2D eigenvalue weighted by Crippen LogP contribution is -2.30. The number of nitrogens with zero attached hydrogens (tertiary/aromatic N) is 1. The van der Waals surface area contributed by atoms with Crippen molar-refractivity contribution in [3.63, 3.8) is 0 Å². The number of rotatable bonds is 1. The minimum atomic E-state index is -1.40. The predicted octanol–water partition coefficient (Wildman–Crippen LogP) is -1.50. The molecule has 2 N–H and O–H groups in total. The van der Waals surface area contributed by atoms with Crippen LogP contribution in [0.3, 0.4) is 0 Å². The van der Waals surface area contributed by atoms with Crippen molar-refractivity contribution in [1.29, 1.82) is 10.7 Å². The zero-order valence-electron chi connectivity index (χ0n) is 6.62. The maximum Gasteiger partial charge on any atom is 0.277 e. The SMILES string of the molecule is N#CC(=C=N)c1c(O)c(=O)c(=O)c1=O. The molecular weight excluding hydrogens is 188 g/mol. The Morgan fingerprint density at radius 2 is 1.79 bits per heavy atom. The van der Waals surface area contributed by atoms with E-state index in [1.54, 1.807) is 5.87 Å². The van der Waals surface area contributed by atoms with E-state index in [-0.39, 0.29) is 0 Å². The Hall–Kier alpha value is -2.51. The lowest BCUT2D eigenvalue weighted by atomic mass is 10.1. The molecule has 0 amide bonds. The largest absolute Gasteiger partial charge is 0.503 e. The third-order valence-electron chi connectivity index (χ3n) is 1.58. The van der Waals surface area contributed by atoms with Crippen molar-refractivity contribution >= 4 is 11.4 Å². The lowest BCUT2D eigenvalue weighted by Gasteiger charge is -1.87. The Kier molecular flexibility index (Phi) is 2.11. The van der Waals surface area contributed by atoms with E-state index < -0.39 is 33.2 Å². The zero-order valence-corrected chi connectivity index (χ0v) is 6.62. The Labute approximate surface area is 76.2 Å². The summed E-state index contributed by atoms with van der Waals surface area (Å²) in [6.45, 7) is 0. The summed E-state index contributed by atoms with van der Waals surface area (Å²) in [5.41, 5.74) is -5.40. The molecule has 14 heavy (non-hydrogen) atoms. The van der Waals surface area contributed by atoms with E-state index in [9.17, 15) is 14.4 Å². The molecule has 0 aliphatic heterocycles. The molecule has 0 heterocycles. The molecule has 1 rings (SSSR count). The fourth-order valence-corrected chi connectivity index (χ4v) is 0.924. The molecule has 0 aliphatic carbocycles. The van der Waals surface area contributed by atoms with E-state index in [0.29, 0.717) is 0 Å². The van der Waals surface area contributed by atoms with Crippen LogP contribution in [0.1, 0.15) is 5.56 Å².